The Bertz CT molecular complexity index is 139. The average Bonchev–Trinajstić information content (AvgIpc) is 2.95. The number of rotatable bonds is 6. The van der Waals surface area contributed by atoms with Crippen LogP contribution in [0, 0.1) is 5.92 Å². The third-order valence-corrected chi connectivity index (χ3v) is 3.41. The van der Waals surface area contributed by atoms with Crippen molar-refractivity contribution >= 4 is 0 Å². The summed E-state index contributed by atoms with van der Waals surface area (Å²) in [5.41, 5.74) is 0. The molecule has 0 aromatic rings. The first-order chi connectivity index (χ1) is 6.19. The Hall–Kier alpha value is -0.0800. The van der Waals surface area contributed by atoms with Gasteiger partial charge in [-0.1, -0.05) is 6.92 Å². The number of hydrogen-bond acceptors (Lipinski definition) is 2. The van der Waals surface area contributed by atoms with Gasteiger partial charge in [0.2, 0.25) is 0 Å². The molecule has 1 aliphatic rings. The van der Waals surface area contributed by atoms with E-state index < -0.39 is 0 Å². The maximum atomic E-state index is 3.36. The highest BCUT2D eigenvalue weighted by Gasteiger charge is 2.30. The molecule has 0 radical (unpaired) electrons. The van der Waals surface area contributed by atoms with Gasteiger partial charge in [-0.25, -0.2) is 0 Å². The second-order valence-electron chi connectivity index (χ2n) is 4.41. The van der Waals surface area contributed by atoms with E-state index in [9.17, 15) is 0 Å². The zero-order chi connectivity index (χ0) is 9.84. The van der Waals surface area contributed by atoms with E-state index in [0.29, 0.717) is 6.04 Å². The molecule has 0 heterocycles. The van der Waals surface area contributed by atoms with Crippen molar-refractivity contribution in [3.63, 3.8) is 0 Å². The molecule has 1 aliphatic carbocycles. The number of nitrogens with zero attached hydrogens (tertiary/aromatic N) is 1. The van der Waals surface area contributed by atoms with Gasteiger partial charge >= 0.3 is 0 Å². The summed E-state index contributed by atoms with van der Waals surface area (Å²) in [5.74, 6) is 0.986. The van der Waals surface area contributed by atoms with E-state index in [4.69, 9.17) is 0 Å². The molecule has 0 aromatic carbocycles. The maximum Gasteiger partial charge on any atom is 0.0189 e. The van der Waals surface area contributed by atoms with Gasteiger partial charge in [0.1, 0.15) is 0 Å². The van der Waals surface area contributed by atoms with Crippen LogP contribution in [0.4, 0.5) is 0 Å². The van der Waals surface area contributed by atoms with Crippen LogP contribution >= 0.6 is 0 Å². The summed E-state index contributed by atoms with van der Waals surface area (Å²) in [6, 6.07) is 1.44. The highest BCUT2D eigenvalue weighted by molar-refractivity contribution is 4.85. The Morgan fingerprint density at radius 2 is 2.08 bits per heavy atom. The van der Waals surface area contributed by atoms with Gasteiger partial charge in [0.15, 0.2) is 0 Å². The van der Waals surface area contributed by atoms with Crippen molar-refractivity contribution in [1.29, 1.82) is 0 Å². The molecule has 2 unspecified atom stereocenters. The number of nitrogens with one attached hydrogen (secondary N) is 1. The third-order valence-electron chi connectivity index (χ3n) is 3.41. The van der Waals surface area contributed by atoms with Crippen molar-refractivity contribution in [1.82, 2.24) is 10.2 Å². The van der Waals surface area contributed by atoms with Gasteiger partial charge in [-0.05, 0) is 46.2 Å². The minimum Gasteiger partial charge on any atom is -0.316 e. The molecule has 0 amide bonds. The molecule has 2 heteroatoms. The minimum absolute atomic E-state index is 0.659. The second-order valence-corrected chi connectivity index (χ2v) is 4.41. The van der Waals surface area contributed by atoms with Gasteiger partial charge in [0, 0.05) is 18.6 Å². The normalized spacial score (nSPS) is 21.9. The molecule has 1 saturated carbocycles. The monoisotopic (exact) mass is 184 g/mol. The van der Waals surface area contributed by atoms with Crippen LogP contribution in [-0.2, 0) is 0 Å². The van der Waals surface area contributed by atoms with E-state index in [0.717, 1.165) is 12.0 Å². The highest BCUT2D eigenvalue weighted by atomic mass is 15.2. The van der Waals surface area contributed by atoms with E-state index >= 15 is 0 Å². The van der Waals surface area contributed by atoms with Crippen molar-refractivity contribution in [2.24, 2.45) is 5.92 Å². The Morgan fingerprint density at radius 1 is 1.46 bits per heavy atom. The van der Waals surface area contributed by atoms with E-state index in [2.05, 4.69) is 38.2 Å². The van der Waals surface area contributed by atoms with Crippen molar-refractivity contribution in [3.8, 4) is 0 Å². The number of hydrogen-bond donors (Lipinski definition) is 1. The second kappa shape index (κ2) is 4.97. The summed E-state index contributed by atoms with van der Waals surface area (Å²) in [6.07, 6.45) is 4.11. The molecule has 1 N–H and O–H groups in total. The van der Waals surface area contributed by atoms with E-state index in [1.165, 1.54) is 25.8 Å². The summed E-state index contributed by atoms with van der Waals surface area (Å²) in [5, 5.41) is 3.36. The summed E-state index contributed by atoms with van der Waals surface area (Å²) in [4.78, 5) is 2.50. The van der Waals surface area contributed by atoms with Gasteiger partial charge in [-0.2, -0.15) is 0 Å². The van der Waals surface area contributed by atoms with Crippen molar-refractivity contribution in [3.05, 3.63) is 0 Å². The first kappa shape index (κ1) is 11.0. The van der Waals surface area contributed by atoms with E-state index in [-0.39, 0.29) is 0 Å². The van der Waals surface area contributed by atoms with Crippen LogP contribution in [0.3, 0.4) is 0 Å². The topological polar surface area (TPSA) is 15.3 Å². The minimum atomic E-state index is 0.659. The maximum absolute atomic E-state index is 3.36. The Labute approximate surface area is 82.7 Å². The molecule has 2 nitrogen and oxygen atoms in total. The lowest BCUT2D eigenvalue weighted by atomic mass is 10.1. The van der Waals surface area contributed by atoms with Gasteiger partial charge in [-0.15, -0.1) is 0 Å². The van der Waals surface area contributed by atoms with Crippen LogP contribution in [0.25, 0.3) is 0 Å². The lowest BCUT2D eigenvalue weighted by Gasteiger charge is -2.28. The molecule has 0 bridgehead atoms. The van der Waals surface area contributed by atoms with E-state index in [1.54, 1.807) is 0 Å². The predicted octanol–water partition coefficient (Wildman–Crippen LogP) is 1.71. The first-order valence-corrected chi connectivity index (χ1v) is 5.56. The molecule has 78 valence electrons. The van der Waals surface area contributed by atoms with E-state index in [1.807, 2.05) is 0 Å². The molecule has 0 saturated heterocycles. The lowest BCUT2D eigenvalue weighted by molar-refractivity contribution is 0.210. The molecular formula is C11H24N2. The molecule has 1 fully saturated rings. The molecule has 0 spiro atoms. The van der Waals surface area contributed by atoms with Gasteiger partial charge in [-0.3, -0.25) is 0 Å². The van der Waals surface area contributed by atoms with Crippen LogP contribution < -0.4 is 5.32 Å². The fraction of sp³-hybridized carbons (Fsp3) is 1.00. The zero-order valence-corrected chi connectivity index (χ0v) is 9.51. The molecular weight excluding hydrogens is 160 g/mol. The molecule has 0 aromatic heterocycles. The van der Waals surface area contributed by atoms with Gasteiger partial charge in [0.05, 0.1) is 0 Å². The average molecular weight is 184 g/mol. The van der Waals surface area contributed by atoms with Crippen LogP contribution in [-0.4, -0.2) is 37.6 Å². The van der Waals surface area contributed by atoms with Gasteiger partial charge in [0.25, 0.3) is 0 Å². The highest BCUT2D eigenvalue weighted by Crippen LogP contribution is 2.34. The quantitative estimate of drug-likeness (QED) is 0.676. The van der Waals surface area contributed by atoms with Crippen molar-refractivity contribution in [2.45, 2.75) is 45.2 Å². The number of likely N-dealkylation sites (N-methyl/N-ethyl adjacent to an activating group) is 2. The van der Waals surface area contributed by atoms with Crippen molar-refractivity contribution < 1.29 is 0 Å². The third kappa shape index (κ3) is 3.28. The summed E-state index contributed by atoms with van der Waals surface area (Å²) < 4.78 is 0. The zero-order valence-electron chi connectivity index (χ0n) is 9.51. The first-order valence-electron chi connectivity index (χ1n) is 5.56. The van der Waals surface area contributed by atoms with Crippen LogP contribution in [0.2, 0.25) is 0 Å². The predicted molar refractivity (Wildman–Crippen MR) is 58.0 cm³/mol. The fourth-order valence-electron chi connectivity index (χ4n) is 1.88. The van der Waals surface area contributed by atoms with Crippen LogP contribution in [0.5, 0.6) is 0 Å². The summed E-state index contributed by atoms with van der Waals surface area (Å²) >= 11 is 0. The molecule has 1 rings (SSSR count). The summed E-state index contributed by atoms with van der Waals surface area (Å²) in [6.45, 7) is 5.79. The van der Waals surface area contributed by atoms with Crippen molar-refractivity contribution in [2.75, 3.05) is 20.6 Å². The summed E-state index contributed by atoms with van der Waals surface area (Å²) in [7, 11) is 4.31. The van der Waals surface area contributed by atoms with Gasteiger partial charge < -0.3 is 10.2 Å². The Balaban J connectivity index is 2.25. The SMILES string of the molecule is CCC(CN(C)C(C)C1CC1)NC. The molecule has 2 atom stereocenters. The fourth-order valence-corrected chi connectivity index (χ4v) is 1.88. The molecule has 13 heavy (non-hydrogen) atoms. The Morgan fingerprint density at radius 3 is 2.46 bits per heavy atom. The smallest absolute Gasteiger partial charge is 0.0189 e. The lowest BCUT2D eigenvalue weighted by Crippen LogP contribution is -2.41. The Kier molecular flexibility index (Phi) is 4.20. The van der Waals surface area contributed by atoms with Crippen LogP contribution in [0.15, 0.2) is 0 Å². The van der Waals surface area contributed by atoms with Crippen LogP contribution in [0.1, 0.15) is 33.1 Å². The largest absolute Gasteiger partial charge is 0.316 e. The molecule has 0 aliphatic heterocycles. The standard InChI is InChI=1S/C11H24N2/c1-5-11(12-3)8-13(4)9(2)10-6-7-10/h9-12H,5-8H2,1-4H3.